The first-order valence-electron chi connectivity index (χ1n) is 3.83. The van der Waals surface area contributed by atoms with Gasteiger partial charge >= 0.3 is 6.09 Å². The lowest BCUT2D eigenvalue weighted by Crippen LogP contribution is -2.36. The highest BCUT2D eigenvalue weighted by Crippen LogP contribution is 2.17. The van der Waals surface area contributed by atoms with Gasteiger partial charge < -0.3 is 15.1 Å². The number of hydrogen-bond acceptors (Lipinski definition) is 3. The second-order valence-electron chi connectivity index (χ2n) is 2.89. The fraction of sp³-hybridized carbons (Fsp3) is 0.833. The minimum Gasteiger partial charge on any atom is -0.465 e. The van der Waals surface area contributed by atoms with Crippen LogP contribution in [-0.2, 0) is 0 Å². The van der Waals surface area contributed by atoms with Crippen molar-refractivity contribution in [2.45, 2.75) is 18.6 Å². The summed E-state index contributed by atoms with van der Waals surface area (Å²) in [5.74, 6) is 0. The van der Waals surface area contributed by atoms with Gasteiger partial charge in [-0.3, -0.25) is 0 Å². The lowest BCUT2D eigenvalue weighted by atomic mass is 10.2. The van der Waals surface area contributed by atoms with Crippen LogP contribution in [0.25, 0.3) is 10.4 Å². The molecule has 0 aromatic heterocycles. The number of azide groups is 1. The molecule has 0 aromatic carbocycles. The molecule has 0 bridgehead atoms. The first-order chi connectivity index (χ1) is 6.15. The lowest BCUT2D eigenvalue weighted by molar-refractivity contribution is 0.132. The normalized spacial score (nSPS) is 27.0. The zero-order chi connectivity index (χ0) is 9.84. The molecule has 0 saturated carbocycles. The van der Waals surface area contributed by atoms with Crippen LogP contribution in [0, 0.1) is 0 Å². The summed E-state index contributed by atoms with van der Waals surface area (Å²) < 4.78 is 0. The summed E-state index contributed by atoms with van der Waals surface area (Å²) in [6.45, 7) is 0.181. The van der Waals surface area contributed by atoms with Gasteiger partial charge in [0, 0.05) is 17.5 Å². The van der Waals surface area contributed by atoms with Gasteiger partial charge in [-0.2, -0.15) is 0 Å². The maximum atomic E-state index is 10.6. The summed E-state index contributed by atoms with van der Waals surface area (Å²) in [4.78, 5) is 14.2. The van der Waals surface area contributed by atoms with Crippen LogP contribution in [0.15, 0.2) is 5.11 Å². The molecule has 0 unspecified atom stereocenters. The Hall–Kier alpha value is -1.46. The largest absolute Gasteiger partial charge is 0.465 e. The number of hydrogen-bond donors (Lipinski definition) is 2. The Morgan fingerprint density at radius 2 is 2.46 bits per heavy atom. The molecule has 2 N–H and O–H groups in total. The van der Waals surface area contributed by atoms with Gasteiger partial charge in [-0.15, -0.1) is 0 Å². The van der Waals surface area contributed by atoms with E-state index >= 15 is 0 Å². The molecule has 0 aliphatic carbocycles. The minimum absolute atomic E-state index is 0.0832. The predicted molar refractivity (Wildman–Crippen MR) is 43.2 cm³/mol. The van der Waals surface area contributed by atoms with E-state index in [9.17, 15) is 9.90 Å². The molecule has 0 aromatic rings. The van der Waals surface area contributed by atoms with Crippen molar-refractivity contribution in [2.24, 2.45) is 5.11 Å². The molecule has 7 heteroatoms. The number of β-amino-alcohol motifs (C(OH)–C–C–N with tert-alkyl or cyclic N) is 1. The Bertz CT molecular complexity index is 250. The van der Waals surface area contributed by atoms with Crippen molar-refractivity contribution < 1.29 is 15.0 Å². The van der Waals surface area contributed by atoms with Crippen molar-refractivity contribution >= 4 is 6.09 Å². The fourth-order valence-electron chi connectivity index (χ4n) is 1.43. The zero-order valence-corrected chi connectivity index (χ0v) is 6.87. The van der Waals surface area contributed by atoms with E-state index in [1.165, 1.54) is 0 Å². The van der Waals surface area contributed by atoms with E-state index in [1.807, 2.05) is 0 Å². The van der Waals surface area contributed by atoms with E-state index in [0.717, 1.165) is 4.90 Å². The standard InChI is InChI=1S/C6H10N4O3/c7-9-8-2-4-1-5(11)3-10(4)6(12)13/h4-5,11H,1-3H2,(H,12,13)/t4-,5+/m0/s1. The average molecular weight is 186 g/mol. The molecule has 13 heavy (non-hydrogen) atoms. The number of amides is 1. The molecule has 1 rings (SSSR count). The fourth-order valence-corrected chi connectivity index (χ4v) is 1.43. The molecule has 1 aliphatic rings. The smallest absolute Gasteiger partial charge is 0.407 e. The van der Waals surface area contributed by atoms with Gasteiger partial charge in [-0.25, -0.2) is 4.79 Å². The molecule has 7 nitrogen and oxygen atoms in total. The highest BCUT2D eigenvalue weighted by Gasteiger charge is 2.33. The maximum Gasteiger partial charge on any atom is 0.407 e. The van der Waals surface area contributed by atoms with Crippen molar-refractivity contribution in [1.82, 2.24) is 4.90 Å². The SMILES string of the molecule is [N-]=[N+]=NC[C@@H]1C[C@@H](O)CN1C(=O)O. The first kappa shape index (κ1) is 9.63. The van der Waals surface area contributed by atoms with E-state index in [2.05, 4.69) is 10.0 Å². The van der Waals surface area contributed by atoms with Crippen molar-refractivity contribution in [3.63, 3.8) is 0 Å². The maximum absolute atomic E-state index is 10.6. The Morgan fingerprint density at radius 3 is 3.00 bits per heavy atom. The molecule has 1 amide bonds. The molecule has 1 aliphatic heterocycles. The van der Waals surface area contributed by atoms with E-state index in [0.29, 0.717) is 6.42 Å². The Kier molecular flexibility index (Phi) is 2.94. The summed E-state index contributed by atoms with van der Waals surface area (Å²) in [5, 5.41) is 21.1. The summed E-state index contributed by atoms with van der Waals surface area (Å²) in [6, 6.07) is -0.386. The van der Waals surface area contributed by atoms with E-state index < -0.39 is 12.2 Å². The van der Waals surface area contributed by atoms with E-state index in [1.54, 1.807) is 0 Å². The van der Waals surface area contributed by atoms with Crippen LogP contribution in [0.2, 0.25) is 0 Å². The third-order valence-corrected chi connectivity index (χ3v) is 1.99. The zero-order valence-electron chi connectivity index (χ0n) is 6.87. The molecule has 1 saturated heterocycles. The molecule has 1 heterocycles. The Balaban J connectivity index is 2.60. The third kappa shape index (κ3) is 2.24. The molecular formula is C6H10N4O3. The van der Waals surface area contributed by atoms with Gasteiger partial charge in [-0.1, -0.05) is 5.11 Å². The monoisotopic (exact) mass is 186 g/mol. The summed E-state index contributed by atoms with van der Waals surface area (Å²) in [5.41, 5.74) is 8.05. The molecule has 0 spiro atoms. The second kappa shape index (κ2) is 3.97. The number of likely N-dealkylation sites (tertiary alicyclic amines) is 1. The van der Waals surface area contributed by atoms with Crippen LogP contribution in [0.1, 0.15) is 6.42 Å². The van der Waals surface area contributed by atoms with Crippen molar-refractivity contribution in [2.75, 3.05) is 13.1 Å². The minimum atomic E-state index is -1.09. The van der Waals surface area contributed by atoms with Crippen LogP contribution >= 0.6 is 0 Å². The number of aliphatic hydroxyl groups is 1. The Labute approximate surface area is 74.2 Å². The topological polar surface area (TPSA) is 110 Å². The van der Waals surface area contributed by atoms with Gasteiger partial charge in [0.05, 0.1) is 12.6 Å². The molecule has 72 valence electrons. The molecular weight excluding hydrogens is 176 g/mol. The first-order valence-corrected chi connectivity index (χ1v) is 3.83. The van der Waals surface area contributed by atoms with Crippen LogP contribution in [0.4, 0.5) is 4.79 Å². The number of carbonyl (C=O) groups is 1. The number of nitrogens with zero attached hydrogens (tertiary/aromatic N) is 4. The van der Waals surface area contributed by atoms with Gasteiger partial charge in [0.2, 0.25) is 0 Å². The van der Waals surface area contributed by atoms with Crippen molar-refractivity contribution in [3.05, 3.63) is 10.4 Å². The Morgan fingerprint density at radius 1 is 1.77 bits per heavy atom. The highest BCUT2D eigenvalue weighted by molar-refractivity contribution is 5.66. The van der Waals surface area contributed by atoms with E-state index in [4.69, 9.17) is 10.6 Å². The molecule has 2 atom stereocenters. The highest BCUT2D eigenvalue weighted by atomic mass is 16.4. The average Bonchev–Trinajstić information content (AvgIpc) is 2.43. The van der Waals surface area contributed by atoms with Crippen LogP contribution in [0.3, 0.4) is 0 Å². The van der Waals surface area contributed by atoms with Gasteiger partial charge in [0.1, 0.15) is 0 Å². The van der Waals surface area contributed by atoms with Crippen LogP contribution < -0.4 is 0 Å². The van der Waals surface area contributed by atoms with E-state index in [-0.39, 0.29) is 19.1 Å². The van der Waals surface area contributed by atoms with Crippen molar-refractivity contribution in [1.29, 1.82) is 0 Å². The third-order valence-electron chi connectivity index (χ3n) is 1.99. The number of aliphatic hydroxyl groups excluding tert-OH is 1. The van der Waals surface area contributed by atoms with Gasteiger partial charge in [-0.05, 0) is 12.0 Å². The summed E-state index contributed by atoms with van der Waals surface area (Å²) in [7, 11) is 0. The summed E-state index contributed by atoms with van der Waals surface area (Å²) in [6.07, 6.45) is -1.39. The molecule has 1 fully saturated rings. The van der Waals surface area contributed by atoms with Gasteiger partial charge in [0.25, 0.3) is 0 Å². The summed E-state index contributed by atoms with van der Waals surface area (Å²) >= 11 is 0. The van der Waals surface area contributed by atoms with Crippen molar-refractivity contribution in [3.8, 4) is 0 Å². The molecule has 0 radical (unpaired) electrons. The van der Waals surface area contributed by atoms with Crippen LogP contribution in [0.5, 0.6) is 0 Å². The second-order valence-corrected chi connectivity index (χ2v) is 2.89. The number of rotatable bonds is 2. The predicted octanol–water partition coefficient (Wildman–Crippen LogP) is 0.410. The lowest BCUT2D eigenvalue weighted by Gasteiger charge is -2.18. The van der Waals surface area contributed by atoms with Crippen LogP contribution in [-0.4, -0.2) is 46.4 Å². The number of carboxylic acid groups (broad SMARTS) is 1. The quantitative estimate of drug-likeness (QED) is 0.370. The van der Waals surface area contributed by atoms with Gasteiger partial charge in [0.15, 0.2) is 0 Å².